The number of nitrogens with one attached hydrogen (secondary N) is 1. The van der Waals surface area contributed by atoms with E-state index in [2.05, 4.69) is 10.2 Å². The van der Waals surface area contributed by atoms with Crippen molar-refractivity contribution in [1.29, 1.82) is 0 Å². The summed E-state index contributed by atoms with van der Waals surface area (Å²) in [5, 5.41) is 2.96. The zero-order valence-electron chi connectivity index (χ0n) is 15.7. The Morgan fingerprint density at radius 3 is 2.58 bits per heavy atom. The predicted octanol–water partition coefficient (Wildman–Crippen LogP) is 3.14. The van der Waals surface area contributed by atoms with Gasteiger partial charge >= 0.3 is 0 Å². The van der Waals surface area contributed by atoms with Crippen LogP contribution in [0, 0.1) is 0 Å². The van der Waals surface area contributed by atoms with Crippen LogP contribution in [0.4, 0.5) is 0 Å². The molecule has 138 valence electrons. The normalized spacial score (nSPS) is 12.2. The van der Waals surface area contributed by atoms with Crippen LogP contribution in [0.25, 0.3) is 6.08 Å². The number of amides is 1. The highest BCUT2D eigenvalue weighted by atomic mass is 16.5. The second-order valence-electron chi connectivity index (χ2n) is 6.08. The molecule has 2 aromatic rings. The van der Waals surface area contributed by atoms with E-state index in [9.17, 15) is 4.79 Å². The van der Waals surface area contributed by atoms with E-state index < -0.39 is 0 Å². The quantitative estimate of drug-likeness (QED) is 0.740. The Morgan fingerprint density at radius 2 is 1.88 bits per heavy atom. The Labute approximate surface area is 155 Å². The number of hydrogen-bond donors (Lipinski definition) is 1. The largest absolute Gasteiger partial charge is 0.497 e. The number of para-hydroxylation sites is 1. The Bertz CT molecular complexity index is 756. The van der Waals surface area contributed by atoms with Gasteiger partial charge in [-0.2, -0.15) is 0 Å². The van der Waals surface area contributed by atoms with Crippen molar-refractivity contribution in [2.24, 2.45) is 0 Å². The van der Waals surface area contributed by atoms with Gasteiger partial charge in [0.05, 0.1) is 20.3 Å². The van der Waals surface area contributed by atoms with Gasteiger partial charge in [-0.05, 0) is 43.9 Å². The first kappa shape index (κ1) is 19.5. The number of hydrogen-bond acceptors (Lipinski definition) is 4. The minimum Gasteiger partial charge on any atom is -0.497 e. The number of benzene rings is 2. The molecule has 0 aliphatic carbocycles. The molecule has 1 unspecified atom stereocenters. The summed E-state index contributed by atoms with van der Waals surface area (Å²) in [6.07, 6.45) is 3.30. The molecule has 2 rings (SSSR count). The number of likely N-dealkylation sites (N-methyl/N-ethyl adjacent to an activating group) is 1. The first-order chi connectivity index (χ1) is 12.5. The Kier molecular flexibility index (Phi) is 7.24. The van der Waals surface area contributed by atoms with E-state index in [1.54, 1.807) is 20.3 Å². The van der Waals surface area contributed by atoms with Crippen LogP contribution in [0.1, 0.15) is 17.2 Å². The molecule has 0 saturated carbocycles. The summed E-state index contributed by atoms with van der Waals surface area (Å²) in [4.78, 5) is 14.3. The molecule has 0 heterocycles. The topological polar surface area (TPSA) is 50.8 Å². The van der Waals surface area contributed by atoms with Crippen LogP contribution in [-0.2, 0) is 4.79 Å². The second kappa shape index (κ2) is 9.63. The van der Waals surface area contributed by atoms with Gasteiger partial charge in [0.25, 0.3) is 0 Å². The summed E-state index contributed by atoms with van der Waals surface area (Å²) in [5.74, 6) is 1.43. The first-order valence-corrected chi connectivity index (χ1v) is 8.44. The lowest BCUT2D eigenvalue weighted by Gasteiger charge is -2.26. The summed E-state index contributed by atoms with van der Waals surface area (Å²) >= 11 is 0. The fraction of sp³-hybridized carbons (Fsp3) is 0.286. The van der Waals surface area contributed by atoms with E-state index in [-0.39, 0.29) is 11.9 Å². The lowest BCUT2D eigenvalue weighted by Crippen LogP contribution is -2.33. The van der Waals surface area contributed by atoms with Crippen LogP contribution in [-0.4, -0.2) is 45.7 Å². The maximum atomic E-state index is 12.2. The monoisotopic (exact) mass is 354 g/mol. The molecule has 1 amide bonds. The van der Waals surface area contributed by atoms with Gasteiger partial charge in [0, 0.05) is 18.2 Å². The van der Waals surface area contributed by atoms with Crippen molar-refractivity contribution < 1.29 is 14.3 Å². The molecule has 0 aromatic heterocycles. The van der Waals surface area contributed by atoms with Gasteiger partial charge < -0.3 is 19.7 Å². The molecule has 26 heavy (non-hydrogen) atoms. The number of carbonyl (C=O) groups is 1. The fourth-order valence-electron chi connectivity index (χ4n) is 2.69. The number of carbonyl (C=O) groups excluding carboxylic acids is 1. The van der Waals surface area contributed by atoms with Gasteiger partial charge in [0.2, 0.25) is 5.91 Å². The summed E-state index contributed by atoms with van der Waals surface area (Å²) in [6.45, 7) is 0.481. The zero-order valence-corrected chi connectivity index (χ0v) is 15.7. The minimum atomic E-state index is -0.144. The maximum Gasteiger partial charge on any atom is 0.244 e. The number of nitrogens with zero attached hydrogens (tertiary/aromatic N) is 1. The molecular weight excluding hydrogens is 328 g/mol. The van der Waals surface area contributed by atoms with E-state index in [1.165, 1.54) is 6.08 Å². The van der Waals surface area contributed by atoms with Crippen molar-refractivity contribution in [2.45, 2.75) is 6.04 Å². The molecule has 1 atom stereocenters. The molecule has 5 nitrogen and oxygen atoms in total. The lowest BCUT2D eigenvalue weighted by molar-refractivity contribution is -0.116. The molecule has 1 N–H and O–H groups in total. The van der Waals surface area contributed by atoms with Crippen LogP contribution in [0.15, 0.2) is 54.6 Å². The van der Waals surface area contributed by atoms with Crippen LogP contribution in [0.3, 0.4) is 0 Å². The van der Waals surface area contributed by atoms with E-state index in [4.69, 9.17) is 9.47 Å². The zero-order chi connectivity index (χ0) is 18.9. The molecule has 0 fully saturated rings. The van der Waals surface area contributed by atoms with Crippen LogP contribution in [0.5, 0.6) is 11.5 Å². The van der Waals surface area contributed by atoms with Crippen LogP contribution < -0.4 is 14.8 Å². The molecule has 0 radical (unpaired) electrons. The van der Waals surface area contributed by atoms with Crippen LogP contribution in [0.2, 0.25) is 0 Å². The van der Waals surface area contributed by atoms with Gasteiger partial charge in [0.15, 0.2) is 0 Å². The molecule has 0 bridgehead atoms. The maximum absolute atomic E-state index is 12.2. The number of ether oxygens (including phenoxy) is 2. The van der Waals surface area contributed by atoms with Gasteiger partial charge in [-0.3, -0.25) is 4.79 Å². The van der Waals surface area contributed by atoms with E-state index in [0.29, 0.717) is 6.54 Å². The fourth-order valence-corrected chi connectivity index (χ4v) is 2.69. The van der Waals surface area contributed by atoms with Gasteiger partial charge in [-0.15, -0.1) is 0 Å². The highest BCUT2D eigenvalue weighted by Crippen LogP contribution is 2.27. The average molecular weight is 354 g/mol. The molecule has 0 aliphatic heterocycles. The molecule has 0 spiro atoms. The third-order valence-corrected chi connectivity index (χ3v) is 4.11. The third-order valence-electron chi connectivity index (χ3n) is 4.11. The molecule has 5 heteroatoms. The van der Waals surface area contributed by atoms with Crippen molar-refractivity contribution >= 4 is 12.0 Å². The van der Waals surface area contributed by atoms with Crippen molar-refractivity contribution in [3.8, 4) is 11.5 Å². The summed E-state index contributed by atoms with van der Waals surface area (Å²) in [7, 11) is 7.24. The Morgan fingerprint density at radius 1 is 1.12 bits per heavy atom. The number of methoxy groups -OCH3 is 2. The summed E-state index contributed by atoms with van der Waals surface area (Å²) < 4.78 is 10.6. The van der Waals surface area contributed by atoms with Crippen molar-refractivity contribution in [2.75, 3.05) is 34.9 Å². The van der Waals surface area contributed by atoms with E-state index in [1.807, 2.05) is 62.6 Å². The van der Waals surface area contributed by atoms with Crippen LogP contribution >= 0.6 is 0 Å². The predicted molar refractivity (Wildman–Crippen MR) is 104 cm³/mol. The van der Waals surface area contributed by atoms with Crippen molar-refractivity contribution in [3.05, 3.63) is 65.7 Å². The lowest BCUT2D eigenvalue weighted by atomic mass is 10.0. The number of rotatable bonds is 8. The Hall–Kier alpha value is -2.79. The van der Waals surface area contributed by atoms with E-state index >= 15 is 0 Å². The van der Waals surface area contributed by atoms with E-state index in [0.717, 1.165) is 22.6 Å². The second-order valence-corrected chi connectivity index (χ2v) is 6.08. The standard InChI is InChI=1S/C21H26N2O3/c1-23(2)19(18-10-5-6-11-20(18)26-4)15-22-21(24)13-12-16-8-7-9-17(14-16)25-3/h5-14,19H,15H2,1-4H3,(H,22,24)/b13-12+. The SMILES string of the molecule is COc1cccc(/C=C/C(=O)NCC(c2ccccc2OC)N(C)C)c1. The molecule has 2 aromatic carbocycles. The first-order valence-electron chi connectivity index (χ1n) is 8.44. The molecular formula is C21H26N2O3. The third kappa shape index (κ3) is 5.36. The van der Waals surface area contributed by atoms with Crippen molar-refractivity contribution in [3.63, 3.8) is 0 Å². The van der Waals surface area contributed by atoms with Gasteiger partial charge in [-0.1, -0.05) is 30.3 Å². The minimum absolute atomic E-state index is 0.0142. The van der Waals surface area contributed by atoms with Gasteiger partial charge in [-0.25, -0.2) is 0 Å². The highest BCUT2D eigenvalue weighted by Gasteiger charge is 2.18. The average Bonchev–Trinajstić information content (AvgIpc) is 2.66. The molecule has 0 saturated heterocycles. The smallest absolute Gasteiger partial charge is 0.244 e. The summed E-state index contributed by atoms with van der Waals surface area (Å²) in [6, 6.07) is 15.4. The molecule has 0 aliphatic rings. The van der Waals surface area contributed by atoms with Crippen molar-refractivity contribution in [1.82, 2.24) is 10.2 Å². The highest BCUT2D eigenvalue weighted by molar-refractivity contribution is 5.91. The Balaban J connectivity index is 2.02. The van der Waals surface area contributed by atoms with Gasteiger partial charge in [0.1, 0.15) is 11.5 Å². The summed E-state index contributed by atoms with van der Waals surface area (Å²) in [5.41, 5.74) is 1.95.